The van der Waals surface area contributed by atoms with Gasteiger partial charge in [0, 0.05) is 12.6 Å². The molecule has 0 saturated carbocycles. The Balaban J connectivity index is 2.19. The van der Waals surface area contributed by atoms with Crippen molar-refractivity contribution < 1.29 is 13.2 Å². The average molecular weight is 314 g/mol. The van der Waals surface area contributed by atoms with Gasteiger partial charge in [0.15, 0.2) is 5.16 Å². The van der Waals surface area contributed by atoms with E-state index in [-0.39, 0.29) is 17.9 Å². The van der Waals surface area contributed by atoms with E-state index in [1.807, 2.05) is 0 Å². The molecule has 0 aliphatic carbocycles. The lowest BCUT2D eigenvalue weighted by Gasteiger charge is -2.13. The minimum Gasteiger partial charge on any atom is -0.383 e. The molecule has 3 N–H and O–H groups in total. The van der Waals surface area contributed by atoms with Gasteiger partial charge >= 0.3 is 6.18 Å². The molecule has 8 heteroatoms. The largest absolute Gasteiger partial charge is 0.416 e. The van der Waals surface area contributed by atoms with Crippen LogP contribution in [0.4, 0.5) is 24.8 Å². The van der Waals surface area contributed by atoms with E-state index >= 15 is 0 Å². The van der Waals surface area contributed by atoms with Crippen molar-refractivity contribution in [1.82, 2.24) is 9.97 Å². The molecule has 0 spiro atoms. The monoisotopic (exact) mass is 314 g/mol. The molecular formula is C13H13F3N4S. The smallest absolute Gasteiger partial charge is 0.383 e. The summed E-state index contributed by atoms with van der Waals surface area (Å²) in [5.41, 5.74) is 5.10. The van der Waals surface area contributed by atoms with Crippen LogP contribution >= 0.6 is 11.8 Å². The van der Waals surface area contributed by atoms with Crippen molar-refractivity contribution in [3.8, 4) is 0 Å². The summed E-state index contributed by atoms with van der Waals surface area (Å²) in [6, 6.07) is 6.89. The Morgan fingerprint density at radius 1 is 1.24 bits per heavy atom. The molecular weight excluding hydrogens is 301 g/mol. The Morgan fingerprint density at radius 2 is 1.95 bits per heavy atom. The number of benzene rings is 1. The first-order valence-corrected chi connectivity index (χ1v) is 7.20. The second kappa shape index (κ2) is 6.21. The molecule has 1 aromatic heterocycles. The molecule has 4 nitrogen and oxygen atoms in total. The van der Waals surface area contributed by atoms with Crippen LogP contribution < -0.4 is 11.1 Å². The van der Waals surface area contributed by atoms with Crippen molar-refractivity contribution in [2.24, 2.45) is 0 Å². The molecule has 0 unspecified atom stereocenters. The minimum absolute atomic E-state index is 0.0000420. The zero-order valence-electron chi connectivity index (χ0n) is 11.1. The molecule has 0 saturated heterocycles. The highest BCUT2D eigenvalue weighted by molar-refractivity contribution is 7.98. The number of nitrogen functional groups attached to an aromatic ring is 1. The fourth-order valence-electron chi connectivity index (χ4n) is 1.76. The van der Waals surface area contributed by atoms with Crippen LogP contribution in [-0.2, 0) is 12.7 Å². The van der Waals surface area contributed by atoms with E-state index in [0.29, 0.717) is 11.0 Å². The topological polar surface area (TPSA) is 63.8 Å². The molecule has 1 heterocycles. The van der Waals surface area contributed by atoms with Gasteiger partial charge in [0.1, 0.15) is 11.6 Å². The highest BCUT2D eigenvalue weighted by atomic mass is 32.2. The lowest BCUT2D eigenvalue weighted by atomic mass is 10.1. The molecule has 21 heavy (non-hydrogen) atoms. The predicted octanol–water partition coefficient (Wildman–Crippen LogP) is 3.41. The van der Waals surface area contributed by atoms with Gasteiger partial charge in [-0.3, -0.25) is 0 Å². The summed E-state index contributed by atoms with van der Waals surface area (Å²) in [6.45, 7) is -0.0000420. The van der Waals surface area contributed by atoms with Gasteiger partial charge in [-0.2, -0.15) is 13.2 Å². The van der Waals surface area contributed by atoms with Gasteiger partial charge in [-0.15, -0.1) is 0 Å². The second-order valence-electron chi connectivity index (χ2n) is 4.17. The maximum atomic E-state index is 12.9. The molecule has 0 bridgehead atoms. The number of rotatable bonds is 4. The van der Waals surface area contributed by atoms with Crippen LogP contribution in [0.25, 0.3) is 0 Å². The zero-order chi connectivity index (χ0) is 15.5. The Morgan fingerprint density at radius 3 is 2.62 bits per heavy atom. The molecule has 0 aliphatic rings. The number of nitrogens with one attached hydrogen (secondary N) is 1. The molecule has 2 aromatic rings. The summed E-state index contributed by atoms with van der Waals surface area (Å²) in [4.78, 5) is 8.11. The highest BCUT2D eigenvalue weighted by Crippen LogP contribution is 2.32. The molecule has 0 aliphatic heterocycles. The van der Waals surface area contributed by atoms with Crippen molar-refractivity contribution in [2.75, 3.05) is 17.3 Å². The molecule has 0 amide bonds. The van der Waals surface area contributed by atoms with Crippen LogP contribution in [0.15, 0.2) is 35.5 Å². The SMILES string of the molecule is CSc1nc(N)cc(NCc2ccccc2C(F)(F)F)n1. The minimum atomic E-state index is -4.38. The number of hydrogen-bond donors (Lipinski definition) is 2. The van der Waals surface area contributed by atoms with Gasteiger partial charge < -0.3 is 11.1 Å². The molecule has 0 fully saturated rings. The van der Waals surface area contributed by atoms with E-state index in [4.69, 9.17) is 5.73 Å². The number of halogens is 3. The van der Waals surface area contributed by atoms with Crippen molar-refractivity contribution in [3.05, 3.63) is 41.5 Å². The van der Waals surface area contributed by atoms with E-state index in [1.54, 1.807) is 12.3 Å². The van der Waals surface area contributed by atoms with Crippen LogP contribution in [0.2, 0.25) is 0 Å². The Hall–Kier alpha value is -1.96. The van der Waals surface area contributed by atoms with Crippen molar-refractivity contribution in [2.45, 2.75) is 17.9 Å². The summed E-state index contributed by atoms with van der Waals surface area (Å²) in [5, 5.41) is 3.30. The maximum Gasteiger partial charge on any atom is 0.416 e. The van der Waals surface area contributed by atoms with Gasteiger partial charge in [-0.1, -0.05) is 30.0 Å². The van der Waals surface area contributed by atoms with E-state index < -0.39 is 11.7 Å². The number of alkyl halides is 3. The number of aromatic nitrogens is 2. The maximum absolute atomic E-state index is 12.9. The lowest BCUT2D eigenvalue weighted by molar-refractivity contribution is -0.138. The third kappa shape index (κ3) is 4.01. The van der Waals surface area contributed by atoms with E-state index in [1.165, 1.54) is 30.0 Å². The summed E-state index contributed by atoms with van der Waals surface area (Å²) >= 11 is 1.30. The Bertz CT molecular complexity index is 631. The van der Waals surface area contributed by atoms with Crippen LogP contribution in [0.5, 0.6) is 0 Å². The summed E-state index contributed by atoms with van der Waals surface area (Å²) in [7, 11) is 0. The number of anilines is 2. The Kier molecular flexibility index (Phi) is 4.56. The zero-order valence-corrected chi connectivity index (χ0v) is 11.9. The fourth-order valence-corrected chi connectivity index (χ4v) is 2.15. The number of nitrogens with zero attached hydrogens (tertiary/aromatic N) is 2. The lowest BCUT2D eigenvalue weighted by Crippen LogP contribution is -2.12. The fraction of sp³-hybridized carbons (Fsp3) is 0.231. The van der Waals surface area contributed by atoms with E-state index in [0.717, 1.165) is 6.07 Å². The number of hydrogen-bond acceptors (Lipinski definition) is 5. The van der Waals surface area contributed by atoms with Gasteiger partial charge in [0.05, 0.1) is 5.56 Å². The van der Waals surface area contributed by atoms with Gasteiger partial charge in [0.2, 0.25) is 0 Å². The predicted molar refractivity (Wildman–Crippen MR) is 77.0 cm³/mol. The third-order valence-corrected chi connectivity index (χ3v) is 3.24. The first kappa shape index (κ1) is 15.4. The summed E-state index contributed by atoms with van der Waals surface area (Å²) in [6.07, 6.45) is -2.59. The summed E-state index contributed by atoms with van der Waals surface area (Å²) in [5.74, 6) is 0.657. The number of thioether (sulfide) groups is 1. The standard InChI is InChI=1S/C13H13F3N4S/c1-21-12-19-10(17)6-11(20-12)18-7-8-4-2-3-5-9(8)13(14,15)16/h2-6H,7H2,1H3,(H3,17,18,19,20). The normalized spacial score (nSPS) is 11.4. The highest BCUT2D eigenvalue weighted by Gasteiger charge is 2.32. The molecule has 112 valence electrons. The van der Waals surface area contributed by atoms with E-state index in [9.17, 15) is 13.2 Å². The molecule has 1 aromatic carbocycles. The van der Waals surface area contributed by atoms with Crippen LogP contribution in [0.3, 0.4) is 0 Å². The van der Waals surface area contributed by atoms with Crippen molar-refractivity contribution in [1.29, 1.82) is 0 Å². The van der Waals surface area contributed by atoms with E-state index in [2.05, 4.69) is 15.3 Å². The van der Waals surface area contributed by atoms with Crippen LogP contribution in [0.1, 0.15) is 11.1 Å². The quantitative estimate of drug-likeness (QED) is 0.669. The second-order valence-corrected chi connectivity index (χ2v) is 4.95. The first-order valence-electron chi connectivity index (χ1n) is 5.97. The van der Waals surface area contributed by atoms with Crippen molar-refractivity contribution in [3.63, 3.8) is 0 Å². The third-order valence-electron chi connectivity index (χ3n) is 2.69. The molecule has 2 rings (SSSR count). The van der Waals surface area contributed by atoms with Crippen LogP contribution in [0, 0.1) is 0 Å². The number of nitrogens with two attached hydrogens (primary N) is 1. The average Bonchev–Trinajstić information content (AvgIpc) is 2.44. The van der Waals surface area contributed by atoms with Crippen molar-refractivity contribution >= 4 is 23.4 Å². The Labute approximate surface area is 124 Å². The molecule has 0 radical (unpaired) electrons. The van der Waals surface area contributed by atoms with Crippen LogP contribution in [-0.4, -0.2) is 16.2 Å². The molecule has 0 atom stereocenters. The van der Waals surface area contributed by atoms with Gasteiger partial charge in [0.25, 0.3) is 0 Å². The first-order chi connectivity index (χ1) is 9.90. The van der Waals surface area contributed by atoms with Gasteiger partial charge in [-0.05, 0) is 17.9 Å². The van der Waals surface area contributed by atoms with Gasteiger partial charge in [-0.25, -0.2) is 9.97 Å². The summed E-state index contributed by atoms with van der Waals surface area (Å²) < 4.78 is 38.6.